The van der Waals surface area contributed by atoms with Gasteiger partial charge in [-0.25, -0.2) is 4.39 Å². The number of rotatable bonds is 4. The van der Waals surface area contributed by atoms with E-state index in [1.165, 1.54) is 6.07 Å². The lowest BCUT2D eigenvalue weighted by atomic mass is 10.0. The lowest BCUT2D eigenvalue weighted by Gasteiger charge is -2.16. The molecule has 2 aromatic rings. The fraction of sp³-hybridized carbons (Fsp3) is 0.167. The van der Waals surface area contributed by atoms with Crippen LogP contribution in [-0.2, 0) is 6.42 Å². The van der Waals surface area contributed by atoms with Gasteiger partial charge in [0.1, 0.15) is 5.82 Å². The molecule has 2 rings (SSSR count). The molecule has 0 aliphatic heterocycles. The Morgan fingerprint density at radius 2 is 2.24 bits per heavy atom. The zero-order valence-electron chi connectivity index (χ0n) is 8.99. The third-order valence-corrected chi connectivity index (χ3v) is 3.05. The highest BCUT2D eigenvalue weighted by atomic mass is 79.9. The molecule has 1 unspecified atom stereocenters. The van der Waals surface area contributed by atoms with Gasteiger partial charge in [-0.1, -0.05) is 15.9 Å². The number of nitrogens with one attached hydrogen (secondary N) is 1. The lowest BCUT2D eigenvalue weighted by Crippen LogP contribution is -2.30. The monoisotopic (exact) mass is 298 g/mol. The second kappa shape index (κ2) is 5.44. The normalized spacial score (nSPS) is 12.6. The molecule has 0 fully saturated rings. The van der Waals surface area contributed by atoms with Crippen molar-refractivity contribution in [3.8, 4) is 0 Å². The van der Waals surface area contributed by atoms with Gasteiger partial charge in [0.2, 0.25) is 0 Å². The van der Waals surface area contributed by atoms with Gasteiger partial charge >= 0.3 is 0 Å². The number of halogens is 2. The van der Waals surface area contributed by atoms with Crippen molar-refractivity contribution >= 4 is 15.9 Å². The van der Waals surface area contributed by atoms with Crippen molar-refractivity contribution in [1.82, 2.24) is 5.43 Å². The summed E-state index contributed by atoms with van der Waals surface area (Å²) in [5.74, 6) is 5.20. The molecule has 0 aliphatic carbocycles. The van der Waals surface area contributed by atoms with Gasteiger partial charge < -0.3 is 4.42 Å². The molecule has 0 spiro atoms. The molecule has 0 amide bonds. The van der Waals surface area contributed by atoms with Crippen LogP contribution in [0.4, 0.5) is 4.39 Å². The molecule has 0 aliphatic rings. The summed E-state index contributed by atoms with van der Waals surface area (Å²) in [7, 11) is 0. The van der Waals surface area contributed by atoms with Gasteiger partial charge in [-0.05, 0) is 36.2 Å². The smallest absolute Gasteiger partial charge is 0.128 e. The molecular weight excluding hydrogens is 287 g/mol. The van der Waals surface area contributed by atoms with Crippen LogP contribution in [0.25, 0.3) is 0 Å². The molecule has 5 heteroatoms. The first-order valence-corrected chi connectivity index (χ1v) is 5.92. The van der Waals surface area contributed by atoms with E-state index < -0.39 is 0 Å². The van der Waals surface area contributed by atoms with Crippen LogP contribution < -0.4 is 11.3 Å². The van der Waals surface area contributed by atoms with Gasteiger partial charge in [0.15, 0.2) is 0 Å². The Morgan fingerprint density at radius 3 is 2.88 bits per heavy atom. The Hall–Kier alpha value is -1.17. The Kier molecular flexibility index (Phi) is 3.93. The van der Waals surface area contributed by atoms with Gasteiger partial charge in [0, 0.05) is 10.0 Å². The molecule has 0 saturated carbocycles. The molecule has 1 aromatic carbocycles. The maximum atomic E-state index is 13.7. The molecular formula is C12H12BrFN2O. The molecule has 90 valence electrons. The minimum Gasteiger partial charge on any atom is -0.472 e. The van der Waals surface area contributed by atoms with E-state index in [-0.39, 0.29) is 11.9 Å². The van der Waals surface area contributed by atoms with E-state index in [1.54, 1.807) is 24.7 Å². The zero-order valence-corrected chi connectivity index (χ0v) is 10.6. The third kappa shape index (κ3) is 2.94. The predicted octanol–water partition coefficient (Wildman–Crippen LogP) is 2.93. The first kappa shape index (κ1) is 12.3. The molecule has 1 heterocycles. The summed E-state index contributed by atoms with van der Waals surface area (Å²) in [5.41, 5.74) is 4.12. The van der Waals surface area contributed by atoms with Gasteiger partial charge in [0.05, 0.1) is 18.6 Å². The van der Waals surface area contributed by atoms with Crippen LogP contribution in [-0.4, -0.2) is 0 Å². The quantitative estimate of drug-likeness (QED) is 0.674. The van der Waals surface area contributed by atoms with E-state index in [1.807, 2.05) is 6.07 Å². The fourth-order valence-corrected chi connectivity index (χ4v) is 2.06. The van der Waals surface area contributed by atoms with Crippen LogP contribution in [0.3, 0.4) is 0 Å². The summed E-state index contributed by atoms with van der Waals surface area (Å²) in [5, 5.41) is 0. The van der Waals surface area contributed by atoms with E-state index in [4.69, 9.17) is 10.3 Å². The first-order valence-electron chi connectivity index (χ1n) is 5.13. The van der Waals surface area contributed by atoms with E-state index in [9.17, 15) is 4.39 Å². The van der Waals surface area contributed by atoms with E-state index in [0.29, 0.717) is 12.0 Å². The standard InChI is InChI=1S/C12H12BrFN2O/c13-9-1-2-11(14)10(6-9)12(16-15)5-8-3-4-17-7-8/h1-4,6-7,12,16H,5,15H2. The highest BCUT2D eigenvalue weighted by Gasteiger charge is 2.15. The average molecular weight is 299 g/mol. The van der Waals surface area contributed by atoms with Crippen LogP contribution >= 0.6 is 15.9 Å². The van der Waals surface area contributed by atoms with Crippen molar-refractivity contribution in [1.29, 1.82) is 0 Å². The number of hydrogen-bond acceptors (Lipinski definition) is 3. The Bertz CT molecular complexity index is 487. The van der Waals surface area contributed by atoms with E-state index >= 15 is 0 Å². The van der Waals surface area contributed by atoms with Crippen LogP contribution in [0.1, 0.15) is 17.2 Å². The second-order valence-corrected chi connectivity index (χ2v) is 4.64. The maximum absolute atomic E-state index is 13.7. The SMILES string of the molecule is NNC(Cc1ccoc1)c1cc(Br)ccc1F. The van der Waals surface area contributed by atoms with Crippen molar-refractivity contribution in [2.45, 2.75) is 12.5 Å². The third-order valence-electron chi connectivity index (χ3n) is 2.55. The summed E-state index contributed by atoms with van der Waals surface area (Å²) in [6.45, 7) is 0. The molecule has 3 nitrogen and oxygen atoms in total. The maximum Gasteiger partial charge on any atom is 0.128 e. The van der Waals surface area contributed by atoms with Crippen LogP contribution in [0.2, 0.25) is 0 Å². The molecule has 0 radical (unpaired) electrons. The van der Waals surface area contributed by atoms with Gasteiger partial charge in [-0.15, -0.1) is 0 Å². The van der Waals surface area contributed by atoms with Gasteiger partial charge in [0.25, 0.3) is 0 Å². The number of furan rings is 1. The van der Waals surface area contributed by atoms with Gasteiger partial charge in [-0.2, -0.15) is 0 Å². The van der Waals surface area contributed by atoms with Crippen LogP contribution in [0, 0.1) is 5.82 Å². The van der Waals surface area contributed by atoms with Crippen LogP contribution in [0.15, 0.2) is 45.7 Å². The predicted molar refractivity (Wildman–Crippen MR) is 66.6 cm³/mol. The number of hydrogen-bond donors (Lipinski definition) is 2. The van der Waals surface area contributed by atoms with E-state index in [0.717, 1.165) is 10.0 Å². The summed E-state index contributed by atoms with van der Waals surface area (Å²) >= 11 is 3.32. The topological polar surface area (TPSA) is 51.2 Å². The van der Waals surface area contributed by atoms with E-state index in [2.05, 4.69) is 21.4 Å². The van der Waals surface area contributed by atoms with Crippen molar-refractivity contribution in [2.75, 3.05) is 0 Å². The van der Waals surface area contributed by atoms with Crippen molar-refractivity contribution in [2.24, 2.45) is 5.84 Å². The summed E-state index contributed by atoms with van der Waals surface area (Å²) in [6.07, 6.45) is 3.78. The first-order chi connectivity index (χ1) is 8.20. The molecule has 17 heavy (non-hydrogen) atoms. The fourth-order valence-electron chi connectivity index (χ4n) is 1.68. The summed E-state index contributed by atoms with van der Waals surface area (Å²) < 4.78 is 19.5. The van der Waals surface area contributed by atoms with Crippen molar-refractivity contribution < 1.29 is 8.81 Å². The average Bonchev–Trinajstić information content (AvgIpc) is 2.82. The van der Waals surface area contributed by atoms with Crippen LogP contribution in [0.5, 0.6) is 0 Å². The largest absolute Gasteiger partial charge is 0.472 e. The summed E-state index contributed by atoms with van der Waals surface area (Å²) in [6, 6.07) is 6.34. The Morgan fingerprint density at radius 1 is 1.41 bits per heavy atom. The van der Waals surface area contributed by atoms with Crippen molar-refractivity contribution in [3.05, 3.63) is 58.2 Å². The second-order valence-electron chi connectivity index (χ2n) is 3.72. The van der Waals surface area contributed by atoms with Crippen molar-refractivity contribution in [3.63, 3.8) is 0 Å². The minimum atomic E-state index is -0.287. The molecule has 3 N–H and O–H groups in total. The number of nitrogens with two attached hydrogens (primary N) is 1. The summed E-state index contributed by atoms with van der Waals surface area (Å²) in [4.78, 5) is 0. The molecule has 0 bridgehead atoms. The molecule has 1 aromatic heterocycles. The highest BCUT2D eigenvalue weighted by Crippen LogP contribution is 2.24. The Balaban J connectivity index is 2.25. The van der Waals surface area contributed by atoms with Gasteiger partial charge in [-0.3, -0.25) is 11.3 Å². The number of benzene rings is 1. The lowest BCUT2D eigenvalue weighted by molar-refractivity contribution is 0.505. The zero-order chi connectivity index (χ0) is 12.3. The molecule has 0 saturated heterocycles. The Labute approximate surface area is 107 Å². The minimum absolute atomic E-state index is 0.278. The number of hydrazine groups is 1. The highest BCUT2D eigenvalue weighted by molar-refractivity contribution is 9.10. The molecule has 1 atom stereocenters.